The lowest BCUT2D eigenvalue weighted by Gasteiger charge is -2.16. The van der Waals surface area contributed by atoms with Crippen molar-refractivity contribution in [2.75, 3.05) is 6.61 Å². The molecular formula is C14H15NO2. The Morgan fingerprint density at radius 3 is 3.12 bits per heavy atom. The van der Waals surface area contributed by atoms with Gasteiger partial charge >= 0.3 is 0 Å². The fraction of sp³-hybridized carbons (Fsp3) is 0.357. The van der Waals surface area contributed by atoms with Crippen LogP contribution in [0.4, 0.5) is 0 Å². The molecule has 3 nitrogen and oxygen atoms in total. The minimum absolute atomic E-state index is 0.128. The van der Waals surface area contributed by atoms with E-state index in [2.05, 4.69) is 18.0 Å². The fourth-order valence-corrected chi connectivity index (χ4v) is 2.36. The van der Waals surface area contributed by atoms with Gasteiger partial charge in [0, 0.05) is 28.6 Å². The van der Waals surface area contributed by atoms with Gasteiger partial charge in [-0.3, -0.25) is 4.79 Å². The number of hydrogen-bond donors (Lipinski definition) is 1. The zero-order chi connectivity index (χ0) is 11.8. The maximum Gasteiger partial charge on any atom is 0.195 e. The maximum absolute atomic E-state index is 12.3. The number of pyridine rings is 1. The monoisotopic (exact) mass is 229 g/mol. The fourth-order valence-electron chi connectivity index (χ4n) is 2.36. The topological polar surface area (TPSA) is 42.1 Å². The van der Waals surface area contributed by atoms with Gasteiger partial charge in [-0.05, 0) is 24.1 Å². The summed E-state index contributed by atoms with van der Waals surface area (Å²) in [5.74, 6) is 0. The number of aryl methyl sites for hydroxylation is 1. The standard InChI is InChI=1S/C14H15NO2/c1-2-9-3-4-12-10(7-9)14(16)11-8-17-6-5-13(11)15-12/h3-4,7H,2,5-6,8H2,1H3,(H,15,16). The van der Waals surface area contributed by atoms with Crippen molar-refractivity contribution in [3.8, 4) is 0 Å². The molecule has 2 heterocycles. The molecule has 1 N–H and O–H groups in total. The summed E-state index contributed by atoms with van der Waals surface area (Å²) in [5.41, 5.74) is 4.10. The molecule has 0 fully saturated rings. The third-order valence-corrected chi connectivity index (χ3v) is 3.40. The highest BCUT2D eigenvalue weighted by molar-refractivity contribution is 5.80. The first-order chi connectivity index (χ1) is 8.29. The van der Waals surface area contributed by atoms with Crippen LogP contribution in [0.15, 0.2) is 23.0 Å². The number of benzene rings is 1. The van der Waals surface area contributed by atoms with Gasteiger partial charge in [-0.1, -0.05) is 13.0 Å². The Morgan fingerprint density at radius 2 is 2.29 bits per heavy atom. The van der Waals surface area contributed by atoms with Gasteiger partial charge < -0.3 is 9.72 Å². The number of hydrogen-bond acceptors (Lipinski definition) is 2. The van der Waals surface area contributed by atoms with Crippen LogP contribution in [0.3, 0.4) is 0 Å². The van der Waals surface area contributed by atoms with Crippen molar-refractivity contribution in [3.63, 3.8) is 0 Å². The Kier molecular flexibility index (Phi) is 2.48. The first-order valence-electron chi connectivity index (χ1n) is 6.04. The van der Waals surface area contributed by atoms with E-state index in [1.807, 2.05) is 12.1 Å². The van der Waals surface area contributed by atoms with Gasteiger partial charge in [0.05, 0.1) is 13.2 Å². The molecule has 0 unspecified atom stereocenters. The second-order valence-corrected chi connectivity index (χ2v) is 4.45. The third kappa shape index (κ3) is 1.67. The number of ether oxygens (including phenoxy) is 1. The lowest BCUT2D eigenvalue weighted by Crippen LogP contribution is -2.21. The molecule has 0 bridgehead atoms. The van der Waals surface area contributed by atoms with Crippen LogP contribution in [0.2, 0.25) is 0 Å². The quantitative estimate of drug-likeness (QED) is 0.814. The van der Waals surface area contributed by atoms with Crippen molar-refractivity contribution in [1.29, 1.82) is 0 Å². The van der Waals surface area contributed by atoms with E-state index < -0.39 is 0 Å². The van der Waals surface area contributed by atoms with Crippen LogP contribution in [0.1, 0.15) is 23.7 Å². The number of aromatic amines is 1. The van der Waals surface area contributed by atoms with Crippen LogP contribution in [0.5, 0.6) is 0 Å². The molecule has 1 aromatic carbocycles. The second-order valence-electron chi connectivity index (χ2n) is 4.45. The van der Waals surface area contributed by atoms with E-state index in [4.69, 9.17) is 4.74 Å². The van der Waals surface area contributed by atoms with Crippen molar-refractivity contribution in [2.45, 2.75) is 26.4 Å². The Labute approximate surface area is 99.4 Å². The van der Waals surface area contributed by atoms with Crippen LogP contribution in [0, 0.1) is 0 Å². The Bertz CT molecular complexity index is 628. The number of fused-ring (bicyclic) bond motifs is 2. The van der Waals surface area contributed by atoms with Crippen molar-refractivity contribution in [3.05, 3.63) is 45.2 Å². The Morgan fingerprint density at radius 1 is 1.41 bits per heavy atom. The Hall–Kier alpha value is -1.61. The van der Waals surface area contributed by atoms with E-state index in [1.165, 1.54) is 5.56 Å². The van der Waals surface area contributed by atoms with E-state index in [9.17, 15) is 4.79 Å². The highest BCUT2D eigenvalue weighted by atomic mass is 16.5. The van der Waals surface area contributed by atoms with Gasteiger partial charge in [0.1, 0.15) is 0 Å². The van der Waals surface area contributed by atoms with E-state index in [0.717, 1.165) is 35.0 Å². The van der Waals surface area contributed by atoms with E-state index in [-0.39, 0.29) is 5.43 Å². The largest absolute Gasteiger partial charge is 0.376 e. The van der Waals surface area contributed by atoms with Crippen LogP contribution >= 0.6 is 0 Å². The summed E-state index contributed by atoms with van der Waals surface area (Å²) in [6.07, 6.45) is 1.75. The van der Waals surface area contributed by atoms with Crippen molar-refractivity contribution in [2.24, 2.45) is 0 Å². The molecule has 17 heavy (non-hydrogen) atoms. The number of nitrogens with one attached hydrogen (secondary N) is 1. The van der Waals surface area contributed by atoms with Gasteiger partial charge in [0.25, 0.3) is 0 Å². The van der Waals surface area contributed by atoms with E-state index in [0.29, 0.717) is 13.2 Å². The number of aromatic nitrogens is 1. The molecule has 0 spiro atoms. The van der Waals surface area contributed by atoms with Crippen LogP contribution in [0.25, 0.3) is 10.9 Å². The average molecular weight is 229 g/mol. The molecule has 0 aliphatic carbocycles. The molecule has 0 radical (unpaired) electrons. The highest BCUT2D eigenvalue weighted by Gasteiger charge is 2.15. The Balaban J connectivity index is 2.33. The van der Waals surface area contributed by atoms with Gasteiger partial charge in [0.15, 0.2) is 5.43 Å². The summed E-state index contributed by atoms with van der Waals surface area (Å²) < 4.78 is 5.36. The molecule has 2 aromatic rings. The summed E-state index contributed by atoms with van der Waals surface area (Å²) in [5, 5.41) is 0.786. The van der Waals surface area contributed by atoms with Gasteiger partial charge in [-0.25, -0.2) is 0 Å². The minimum atomic E-state index is 0.128. The molecule has 0 saturated carbocycles. The molecule has 1 aliphatic heterocycles. The van der Waals surface area contributed by atoms with Crippen LogP contribution in [-0.4, -0.2) is 11.6 Å². The van der Waals surface area contributed by atoms with Gasteiger partial charge in [-0.2, -0.15) is 0 Å². The molecule has 3 rings (SSSR count). The van der Waals surface area contributed by atoms with Gasteiger partial charge in [-0.15, -0.1) is 0 Å². The lowest BCUT2D eigenvalue weighted by atomic mass is 10.0. The summed E-state index contributed by atoms with van der Waals surface area (Å²) in [4.78, 5) is 15.7. The summed E-state index contributed by atoms with van der Waals surface area (Å²) in [6, 6.07) is 6.07. The molecule has 3 heteroatoms. The lowest BCUT2D eigenvalue weighted by molar-refractivity contribution is 0.109. The zero-order valence-electron chi connectivity index (χ0n) is 9.88. The van der Waals surface area contributed by atoms with E-state index in [1.54, 1.807) is 0 Å². The predicted molar refractivity (Wildman–Crippen MR) is 67.3 cm³/mol. The van der Waals surface area contributed by atoms with Gasteiger partial charge in [0.2, 0.25) is 0 Å². The first-order valence-corrected chi connectivity index (χ1v) is 6.04. The number of H-pyrrole nitrogens is 1. The molecule has 88 valence electrons. The van der Waals surface area contributed by atoms with Crippen LogP contribution < -0.4 is 5.43 Å². The second kappa shape index (κ2) is 4.00. The summed E-state index contributed by atoms with van der Waals surface area (Å²) in [6.45, 7) is 3.23. The number of rotatable bonds is 1. The van der Waals surface area contributed by atoms with Crippen molar-refractivity contribution in [1.82, 2.24) is 4.98 Å². The summed E-state index contributed by atoms with van der Waals surface area (Å²) >= 11 is 0. The SMILES string of the molecule is CCc1ccc2[nH]c3c(c(=O)c2c1)COCC3. The molecule has 0 amide bonds. The predicted octanol–water partition coefficient (Wildman–Crippen LogP) is 2.16. The smallest absolute Gasteiger partial charge is 0.195 e. The molecule has 0 saturated heterocycles. The minimum Gasteiger partial charge on any atom is -0.376 e. The van der Waals surface area contributed by atoms with Crippen LogP contribution in [-0.2, 0) is 24.2 Å². The average Bonchev–Trinajstić information content (AvgIpc) is 2.39. The molecule has 1 aliphatic rings. The molecule has 1 aromatic heterocycles. The first kappa shape index (κ1) is 10.5. The zero-order valence-corrected chi connectivity index (χ0v) is 9.88. The molecular weight excluding hydrogens is 214 g/mol. The third-order valence-electron chi connectivity index (χ3n) is 3.40. The summed E-state index contributed by atoms with van der Waals surface area (Å²) in [7, 11) is 0. The van der Waals surface area contributed by atoms with E-state index >= 15 is 0 Å². The van der Waals surface area contributed by atoms with Crippen molar-refractivity contribution < 1.29 is 4.74 Å². The normalized spacial score (nSPS) is 14.9. The maximum atomic E-state index is 12.3. The van der Waals surface area contributed by atoms with Crippen molar-refractivity contribution >= 4 is 10.9 Å². The molecule has 0 atom stereocenters. The highest BCUT2D eigenvalue weighted by Crippen LogP contribution is 2.17.